The molecule has 1 fully saturated rings. The molecule has 2 atom stereocenters. The molecule has 0 amide bonds. The largest absolute Gasteiger partial charge is 0.491 e. The van der Waals surface area contributed by atoms with Gasteiger partial charge < -0.3 is 10.1 Å². The van der Waals surface area contributed by atoms with Crippen molar-refractivity contribution in [1.82, 2.24) is 10.2 Å². The van der Waals surface area contributed by atoms with E-state index < -0.39 is 0 Å². The van der Waals surface area contributed by atoms with Crippen LogP contribution in [0.15, 0.2) is 18.2 Å². The van der Waals surface area contributed by atoms with E-state index in [0.717, 1.165) is 19.6 Å². The molecule has 1 heterocycles. The minimum atomic E-state index is 0.535. The van der Waals surface area contributed by atoms with E-state index in [1.807, 2.05) is 6.07 Å². The molecule has 0 aliphatic carbocycles. The lowest BCUT2D eigenvalue weighted by atomic mass is 10.1. The smallest absolute Gasteiger partial charge is 0.138 e. The second kappa shape index (κ2) is 6.80. The molecule has 1 aliphatic heterocycles. The van der Waals surface area contributed by atoms with Crippen LogP contribution in [0.25, 0.3) is 0 Å². The van der Waals surface area contributed by atoms with E-state index in [0.29, 0.717) is 34.5 Å². The first kappa shape index (κ1) is 14.9. The summed E-state index contributed by atoms with van der Waals surface area (Å²) >= 11 is 11.9. The predicted molar refractivity (Wildman–Crippen MR) is 80.5 cm³/mol. The van der Waals surface area contributed by atoms with Gasteiger partial charge >= 0.3 is 0 Å². The number of halogens is 2. The zero-order valence-electron chi connectivity index (χ0n) is 11.3. The predicted octanol–water partition coefficient (Wildman–Crippen LogP) is 3.05. The average molecular weight is 303 g/mol. The Morgan fingerprint density at radius 2 is 1.95 bits per heavy atom. The maximum atomic E-state index is 6.08. The van der Waals surface area contributed by atoms with E-state index in [4.69, 9.17) is 27.9 Å². The molecule has 3 nitrogen and oxygen atoms in total. The highest BCUT2D eigenvalue weighted by Gasteiger charge is 2.23. The molecule has 0 saturated carbocycles. The lowest BCUT2D eigenvalue weighted by molar-refractivity contribution is 0.0966. The fourth-order valence-corrected chi connectivity index (χ4v) is 2.93. The van der Waals surface area contributed by atoms with E-state index in [2.05, 4.69) is 24.1 Å². The lowest BCUT2D eigenvalue weighted by Crippen LogP contribution is -2.55. The number of piperazine rings is 1. The minimum Gasteiger partial charge on any atom is -0.491 e. The summed E-state index contributed by atoms with van der Waals surface area (Å²) in [6.45, 7) is 8.08. The van der Waals surface area contributed by atoms with Crippen molar-refractivity contribution in [1.29, 1.82) is 0 Å². The molecule has 1 N–H and O–H groups in total. The minimum absolute atomic E-state index is 0.535. The van der Waals surface area contributed by atoms with Crippen LogP contribution in [0.4, 0.5) is 0 Å². The van der Waals surface area contributed by atoms with Crippen LogP contribution in [-0.2, 0) is 0 Å². The standard InChI is InChI=1S/C14H20Cl2N2O/c1-10-8-17-9-11(2)18(10)5-6-19-14-4-3-12(15)7-13(14)16/h3-4,7,10-11,17H,5-6,8-9H2,1-2H3. The van der Waals surface area contributed by atoms with Crippen molar-refractivity contribution >= 4 is 23.2 Å². The molecular weight excluding hydrogens is 283 g/mol. The first-order valence-electron chi connectivity index (χ1n) is 6.62. The average Bonchev–Trinajstić information content (AvgIpc) is 2.35. The maximum absolute atomic E-state index is 6.08. The molecule has 1 aliphatic rings. The van der Waals surface area contributed by atoms with Crippen molar-refractivity contribution in [3.8, 4) is 5.75 Å². The van der Waals surface area contributed by atoms with Gasteiger partial charge in [0.25, 0.3) is 0 Å². The molecule has 5 heteroatoms. The van der Waals surface area contributed by atoms with Crippen LogP contribution in [0.2, 0.25) is 10.0 Å². The number of benzene rings is 1. The molecule has 1 aromatic carbocycles. The third kappa shape index (κ3) is 3.99. The number of hydrogen-bond donors (Lipinski definition) is 1. The number of nitrogens with one attached hydrogen (secondary N) is 1. The molecule has 2 unspecified atom stereocenters. The SMILES string of the molecule is CC1CNCC(C)N1CCOc1ccc(Cl)cc1Cl. The Bertz CT molecular complexity index is 418. The van der Waals surface area contributed by atoms with E-state index in [1.165, 1.54) is 0 Å². The molecule has 0 aromatic heterocycles. The van der Waals surface area contributed by atoms with Crippen LogP contribution < -0.4 is 10.1 Å². The molecule has 106 valence electrons. The normalized spacial score (nSPS) is 24.4. The van der Waals surface area contributed by atoms with Gasteiger partial charge in [-0.1, -0.05) is 23.2 Å². The number of ether oxygens (including phenoxy) is 1. The summed E-state index contributed by atoms with van der Waals surface area (Å²) in [5.74, 6) is 0.696. The van der Waals surface area contributed by atoms with Crippen molar-refractivity contribution in [2.75, 3.05) is 26.2 Å². The maximum Gasteiger partial charge on any atom is 0.138 e. The summed E-state index contributed by atoms with van der Waals surface area (Å²) in [7, 11) is 0. The van der Waals surface area contributed by atoms with Crippen molar-refractivity contribution in [3.05, 3.63) is 28.2 Å². The van der Waals surface area contributed by atoms with Gasteiger partial charge in [-0.25, -0.2) is 0 Å². The lowest BCUT2D eigenvalue weighted by Gasteiger charge is -2.39. The molecule has 0 radical (unpaired) electrons. The van der Waals surface area contributed by atoms with E-state index in [-0.39, 0.29) is 0 Å². The third-order valence-corrected chi connectivity index (χ3v) is 4.04. The molecule has 0 spiro atoms. The summed E-state index contributed by atoms with van der Waals surface area (Å²) < 4.78 is 5.74. The molecule has 2 rings (SSSR count). The highest BCUT2D eigenvalue weighted by Crippen LogP contribution is 2.27. The third-order valence-electron chi connectivity index (χ3n) is 3.51. The molecular formula is C14H20Cl2N2O. The fourth-order valence-electron chi connectivity index (χ4n) is 2.46. The van der Waals surface area contributed by atoms with Crippen LogP contribution >= 0.6 is 23.2 Å². The van der Waals surface area contributed by atoms with Gasteiger partial charge in [0.15, 0.2) is 0 Å². The second-order valence-corrected chi connectivity index (χ2v) is 5.86. The number of rotatable bonds is 4. The van der Waals surface area contributed by atoms with Gasteiger partial charge in [0.1, 0.15) is 12.4 Å². The Balaban J connectivity index is 1.85. The molecule has 0 bridgehead atoms. The topological polar surface area (TPSA) is 24.5 Å². The van der Waals surface area contributed by atoms with Gasteiger partial charge in [-0.15, -0.1) is 0 Å². The Hall–Kier alpha value is -0.480. The summed E-state index contributed by atoms with van der Waals surface area (Å²) in [6.07, 6.45) is 0. The highest BCUT2D eigenvalue weighted by atomic mass is 35.5. The molecule has 1 saturated heterocycles. The second-order valence-electron chi connectivity index (χ2n) is 5.02. The van der Waals surface area contributed by atoms with Gasteiger partial charge in [0, 0.05) is 36.7 Å². The van der Waals surface area contributed by atoms with Gasteiger partial charge in [-0.05, 0) is 32.0 Å². The Morgan fingerprint density at radius 3 is 2.58 bits per heavy atom. The molecule has 19 heavy (non-hydrogen) atoms. The first-order chi connectivity index (χ1) is 9.08. The number of hydrogen-bond acceptors (Lipinski definition) is 3. The van der Waals surface area contributed by atoms with Crippen LogP contribution in [0.5, 0.6) is 5.75 Å². The summed E-state index contributed by atoms with van der Waals surface area (Å²) in [5, 5.41) is 4.61. The quantitative estimate of drug-likeness (QED) is 0.925. The van der Waals surface area contributed by atoms with Crippen molar-refractivity contribution in [2.24, 2.45) is 0 Å². The monoisotopic (exact) mass is 302 g/mol. The van der Waals surface area contributed by atoms with Crippen LogP contribution in [0, 0.1) is 0 Å². The van der Waals surface area contributed by atoms with Crippen LogP contribution in [-0.4, -0.2) is 43.2 Å². The van der Waals surface area contributed by atoms with Crippen LogP contribution in [0.3, 0.4) is 0 Å². The molecule has 1 aromatic rings. The number of nitrogens with zero attached hydrogens (tertiary/aromatic N) is 1. The Labute approximate surface area is 124 Å². The van der Waals surface area contributed by atoms with Gasteiger partial charge in [-0.3, -0.25) is 4.90 Å². The Kier molecular flexibility index (Phi) is 5.34. The van der Waals surface area contributed by atoms with E-state index >= 15 is 0 Å². The Morgan fingerprint density at radius 1 is 1.26 bits per heavy atom. The van der Waals surface area contributed by atoms with Crippen molar-refractivity contribution in [2.45, 2.75) is 25.9 Å². The van der Waals surface area contributed by atoms with E-state index in [9.17, 15) is 0 Å². The van der Waals surface area contributed by atoms with Gasteiger partial charge in [-0.2, -0.15) is 0 Å². The van der Waals surface area contributed by atoms with Crippen molar-refractivity contribution < 1.29 is 4.74 Å². The summed E-state index contributed by atoms with van der Waals surface area (Å²) in [5.41, 5.74) is 0. The first-order valence-corrected chi connectivity index (χ1v) is 7.38. The van der Waals surface area contributed by atoms with E-state index in [1.54, 1.807) is 12.1 Å². The highest BCUT2D eigenvalue weighted by molar-refractivity contribution is 6.35. The van der Waals surface area contributed by atoms with Gasteiger partial charge in [0.05, 0.1) is 5.02 Å². The zero-order valence-corrected chi connectivity index (χ0v) is 12.8. The summed E-state index contributed by atoms with van der Waals surface area (Å²) in [6, 6.07) is 6.38. The van der Waals surface area contributed by atoms with Crippen molar-refractivity contribution in [3.63, 3.8) is 0 Å². The fraction of sp³-hybridized carbons (Fsp3) is 0.571. The van der Waals surface area contributed by atoms with Crippen LogP contribution in [0.1, 0.15) is 13.8 Å². The van der Waals surface area contributed by atoms with Gasteiger partial charge in [0.2, 0.25) is 0 Å². The summed E-state index contributed by atoms with van der Waals surface area (Å²) in [4.78, 5) is 2.46. The zero-order chi connectivity index (χ0) is 13.8.